The number of ether oxygens (including phenoxy) is 1. The summed E-state index contributed by atoms with van der Waals surface area (Å²) in [5.41, 5.74) is 4.20. The molecule has 37 heavy (non-hydrogen) atoms. The molecule has 1 aliphatic rings. The maximum Gasteiger partial charge on any atom is 0.338 e. The Morgan fingerprint density at radius 1 is 1.08 bits per heavy atom. The van der Waals surface area contributed by atoms with Gasteiger partial charge in [0.15, 0.2) is 0 Å². The molecule has 0 radical (unpaired) electrons. The van der Waals surface area contributed by atoms with Gasteiger partial charge in [-0.2, -0.15) is 0 Å². The number of imide groups is 1. The molecule has 0 aliphatic carbocycles. The van der Waals surface area contributed by atoms with Gasteiger partial charge in [0.1, 0.15) is 12.2 Å². The molecule has 1 saturated heterocycles. The number of aryl methyl sites for hydroxylation is 1. The van der Waals surface area contributed by atoms with E-state index in [1.165, 1.54) is 0 Å². The first kappa shape index (κ1) is 25.9. The highest BCUT2D eigenvalue weighted by atomic mass is 79.9. The number of hydrogen-bond acceptors (Lipinski definition) is 5. The van der Waals surface area contributed by atoms with Crippen LogP contribution in [0, 0.1) is 13.8 Å². The summed E-state index contributed by atoms with van der Waals surface area (Å²) in [6.45, 7) is 5.39. The van der Waals surface area contributed by atoms with E-state index >= 15 is 0 Å². The van der Waals surface area contributed by atoms with Gasteiger partial charge in [0.05, 0.1) is 12.2 Å². The molecule has 3 aromatic rings. The van der Waals surface area contributed by atoms with E-state index in [1.54, 1.807) is 55.5 Å². The van der Waals surface area contributed by atoms with E-state index < -0.39 is 30.4 Å². The van der Waals surface area contributed by atoms with Crippen LogP contribution in [0.5, 0.6) is 0 Å². The van der Waals surface area contributed by atoms with Crippen molar-refractivity contribution in [1.29, 1.82) is 0 Å². The average molecular weight is 565 g/mol. The van der Waals surface area contributed by atoms with Gasteiger partial charge in [-0.05, 0) is 80.9 Å². The minimum absolute atomic E-state index is 0.0713. The van der Waals surface area contributed by atoms with Crippen molar-refractivity contribution < 1.29 is 23.9 Å². The summed E-state index contributed by atoms with van der Waals surface area (Å²) < 4.78 is 7.91. The van der Waals surface area contributed by atoms with Gasteiger partial charge in [-0.3, -0.25) is 9.59 Å². The van der Waals surface area contributed by atoms with Crippen LogP contribution in [0.15, 0.2) is 64.8 Å². The lowest BCUT2D eigenvalue weighted by molar-refractivity contribution is -0.127. The van der Waals surface area contributed by atoms with Gasteiger partial charge >= 0.3 is 12.0 Å². The van der Waals surface area contributed by atoms with Crippen molar-refractivity contribution in [2.24, 2.45) is 0 Å². The maximum absolute atomic E-state index is 12.9. The Kier molecular flexibility index (Phi) is 7.58. The fourth-order valence-corrected chi connectivity index (χ4v) is 4.33. The van der Waals surface area contributed by atoms with Gasteiger partial charge < -0.3 is 19.9 Å². The fraction of sp³-hybridized carbons (Fsp3) is 0.185. The minimum atomic E-state index is -0.668. The largest absolute Gasteiger partial charge is 0.462 e. The van der Waals surface area contributed by atoms with Crippen LogP contribution in [0.3, 0.4) is 0 Å². The molecule has 1 fully saturated rings. The van der Waals surface area contributed by atoms with Crippen LogP contribution in [0.2, 0.25) is 0 Å². The third-order valence-electron chi connectivity index (χ3n) is 5.78. The molecule has 1 aliphatic heterocycles. The zero-order valence-corrected chi connectivity index (χ0v) is 22.1. The topological polar surface area (TPSA) is 110 Å². The van der Waals surface area contributed by atoms with Gasteiger partial charge in [-0.1, -0.05) is 22.0 Å². The Morgan fingerprint density at radius 2 is 1.81 bits per heavy atom. The number of esters is 1. The molecule has 9 nitrogen and oxygen atoms in total. The number of benzene rings is 2. The highest BCUT2D eigenvalue weighted by Gasteiger charge is 2.35. The Labute approximate surface area is 222 Å². The quantitative estimate of drug-likeness (QED) is 0.248. The lowest BCUT2D eigenvalue weighted by Crippen LogP contribution is -2.38. The smallest absolute Gasteiger partial charge is 0.338 e. The zero-order chi connectivity index (χ0) is 26.7. The summed E-state index contributed by atoms with van der Waals surface area (Å²) in [7, 11) is 0. The van der Waals surface area contributed by atoms with E-state index in [-0.39, 0.29) is 12.3 Å². The second kappa shape index (κ2) is 10.8. The van der Waals surface area contributed by atoms with E-state index in [1.807, 2.05) is 30.5 Å². The van der Waals surface area contributed by atoms with Crippen LogP contribution in [0.4, 0.5) is 10.5 Å². The molecule has 0 unspecified atom stereocenters. The molecule has 0 spiro atoms. The highest BCUT2D eigenvalue weighted by Crippen LogP contribution is 2.25. The number of urea groups is 1. The molecule has 10 heteroatoms. The number of nitrogens with one attached hydrogen (secondary N) is 2. The van der Waals surface area contributed by atoms with Gasteiger partial charge in [0, 0.05) is 27.2 Å². The summed E-state index contributed by atoms with van der Waals surface area (Å²) in [5.74, 6) is -1.49. The van der Waals surface area contributed by atoms with Gasteiger partial charge in [-0.15, -0.1) is 0 Å². The number of carbonyl (C=O) groups is 4. The minimum Gasteiger partial charge on any atom is -0.462 e. The number of nitrogens with zero attached hydrogens (tertiary/aromatic N) is 2. The van der Waals surface area contributed by atoms with Gasteiger partial charge in [0.25, 0.3) is 5.91 Å². The monoisotopic (exact) mass is 564 g/mol. The fourth-order valence-electron chi connectivity index (χ4n) is 4.07. The van der Waals surface area contributed by atoms with Crippen molar-refractivity contribution >= 4 is 51.5 Å². The number of amides is 4. The molecular weight excluding hydrogens is 540 g/mol. The molecule has 0 bridgehead atoms. The Bertz CT molecular complexity index is 1430. The standard InChI is InChI=1S/C27H25BrN4O5/c1-4-37-26(35)18-6-5-7-22(13-18)32-16(2)12-19(17(32)3)14-23-25(34)31(27(36)30-23)15-24(33)29-21-10-8-20(28)9-11-21/h5-14H,4,15H2,1-3H3,(H,29,33)(H,30,36)/b23-14-. The second-order valence-electron chi connectivity index (χ2n) is 8.37. The number of anilines is 1. The predicted molar refractivity (Wildman–Crippen MR) is 142 cm³/mol. The Balaban J connectivity index is 1.53. The molecular formula is C27H25BrN4O5. The van der Waals surface area contributed by atoms with Crippen molar-refractivity contribution in [2.45, 2.75) is 20.8 Å². The van der Waals surface area contributed by atoms with Crippen molar-refractivity contribution in [3.05, 3.63) is 87.3 Å². The van der Waals surface area contributed by atoms with Crippen LogP contribution < -0.4 is 10.6 Å². The number of rotatable bonds is 7. The number of aromatic nitrogens is 1. The van der Waals surface area contributed by atoms with Gasteiger partial charge in [-0.25, -0.2) is 14.5 Å². The van der Waals surface area contributed by atoms with E-state index in [2.05, 4.69) is 26.6 Å². The number of hydrogen-bond donors (Lipinski definition) is 2. The molecule has 190 valence electrons. The van der Waals surface area contributed by atoms with Crippen LogP contribution >= 0.6 is 15.9 Å². The molecule has 4 amide bonds. The molecule has 0 saturated carbocycles. The maximum atomic E-state index is 12.9. The third-order valence-corrected chi connectivity index (χ3v) is 6.31. The summed E-state index contributed by atoms with van der Waals surface area (Å²) in [6, 6.07) is 15.2. The molecule has 4 rings (SSSR count). The molecule has 2 aromatic carbocycles. The Hall–Kier alpha value is -4.18. The van der Waals surface area contributed by atoms with Crippen molar-refractivity contribution in [1.82, 2.24) is 14.8 Å². The lowest BCUT2D eigenvalue weighted by Gasteiger charge is -2.12. The first-order chi connectivity index (χ1) is 17.7. The van der Waals surface area contributed by atoms with Crippen molar-refractivity contribution in [3.8, 4) is 5.69 Å². The number of halogens is 1. The summed E-state index contributed by atoms with van der Waals surface area (Å²) in [6.07, 6.45) is 1.58. The summed E-state index contributed by atoms with van der Waals surface area (Å²) in [4.78, 5) is 50.9. The van der Waals surface area contributed by atoms with Gasteiger partial charge in [0.2, 0.25) is 5.91 Å². The zero-order valence-electron chi connectivity index (χ0n) is 20.5. The third kappa shape index (κ3) is 5.64. The van der Waals surface area contributed by atoms with Crippen LogP contribution in [0.1, 0.15) is 34.2 Å². The average Bonchev–Trinajstić information content (AvgIpc) is 3.29. The normalized spacial score (nSPS) is 14.2. The van der Waals surface area contributed by atoms with Crippen LogP contribution in [-0.4, -0.2) is 46.4 Å². The first-order valence-electron chi connectivity index (χ1n) is 11.5. The van der Waals surface area contributed by atoms with E-state index in [9.17, 15) is 19.2 Å². The van der Waals surface area contributed by atoms with E-state index in [4.69, 9.17) is 4.74 Å². The highest BCUT2D eigenvalue weighted by molar-refractivity contribution is 9.10. The SMILES string of the molecule is CCOC(=O)c1cccc(-n2c(C)cc(/C=C3\NC(=O)N(CC(=O)Nc4ccc(Br)cc4)C3=O)c2C)c1. The second-order valence-corrected chi connectivity index (χ2v) is 9.28. The van der Waals surface area contributed by atoms with E-state index in [0.717, 1.165) is 26.4 Å². The number of carbonyl (C=O) groups excluding carboxylic acids is 4. The summed E-state index contributed by atoms with van der Waals surface area (Å²) >= 11 is 3.33. The Morgan fingerprint density at radius 3 is 2.51 bits per heavy atom. The molecule has 2 N–H and O–H groups in total. The molecule has 0 atom stereocenters. The molecule has 1 aromatic heterocycles. The van der Waals surface area contributed by atoms with E-state index in [0.29, 0.717) is 16.8 Å². The van der Waals surface area contributed by atoms with Crippen LogP contribution in [-0.2, 0) is 14.3 Å². The van der Waals surface area contributed by atoms with Crippen LogP contribution in [0.25, 0.3) is 11.8 Å². The lowest BCUT2D eigenvalue weighted by atomic mass is 10.2. The van der Waals surface area contributed by atoms with Crippen molar-refractivity contribution in [3.63, 3.8) is 0 Å². The molecule has 2 heterocycles. The first-order valence-corrected chi connectivity index (χ1v) is 12.3. The predicted octanol–water partition coefficient (Wildman–Crippen LogP) is 4.56. The van der Waals surface area contributed by atoms with Crippen molar-refractivity contribution in [2.75, 3.05) is 18.5 Å². The summed E-state index contributed by atoms with van der Waals surface area (Å²) in [5, 5.41) is 5.23.